The van der Waals surface area contributed by atoms with Gasteiger partial charge < -0.3 is 14.8 Å². The number of hydrogen-bond acceptors (Lipinski definition) is 5. The molecular weight excluding hydrogens is 314 g/mol. The molecule has 1 spiro atoms. The van der Waals surface area contributed by atoms with Crippen molar-refractivity contribution >= 4 is 0 Å². The Kier molecular flexibility index (Phi) is 5.34. The Bertz CT molecular complexity index is 593. The van der Waals surface area contributed by atoms with Crippen LogP contribution in [0.5, 0.6) is 0 Å². The molecule has 0 bridgehead atoms. The van der Waals surface area contributed by atoms with E-state index in [2.05, 4.69) is 12.2 Å². The van der Waals surface area contributed by atoms with Crippen molar-refractivity contribution in [2.45, 2.75) is 76.4 Å². The van der Waals surface area contributed by atoms with Crippen molar-refractivity contribution in [1.82, 2.24) is 15.3 Å². The molecule has 2 saturated heterocycles. The highest BCUT2D eigenvalue weighted by Crippen LogP contribution is 2.34. The van der Waals surface area contributed by atoms with Gasteiger partial charge in [0.1, 0.15) is 5.82 Å². The molecule has 3 heterocycles. The lowest BCUT2D eigenvalue weighted by Gasteiger charge is -2.43. The third kappa shape index (κ3) is 4.04. The van der Waals surface area contributed by atoms with Gasteiger partial charge in [-0.2, -0.15) is 0 Å². The van der Waals surface area contributed by atoms with Gasteiger partial charge in [0.05, 0.1) is 5.60 Å². The molecule has 0 radical (unpaired) electrons. The molecule has 0 unspecified atom stereocenters. The van der Waals surface area contributed by atoms with E-state index in [1.165, 1.54) is 29.8 Å². The maximum Gasteiger partial charge on any atom is 0.130 e. The number of nitrogens with zero attached hydrogens (tertiary/aromatic N) is 2. The number of nitrogens with one attached hydrogen (secondary N) is 1. The molecule has 25 heavy (non-hydrogen) atoms. The van der Waals surface area contributed by atoms with Gasteiger partial charge >= 0.3 is 0 Å². The van der Waals surface area contributed by atoms with E-state index in [-0.39, 0.29) is 5.60 Å². The first-order chi connectivity index (χ1) is 12.2. The fraction of sp³-hybridized carbons (Fsp3) is 0.800. The number of hydrogen-bond donors (Lipinski definition) is 1. The first-order valence-electron chi connectivity index (χ1n) is 10.0. The van der Waals surface area contributed by atoms with Crippen LogP contribution in [0.4, 0.5) is 0 Å². The second-order valence-corrected chi connectivity index (χ2v) is 7.90. The minimum absolute atomic E-state index is 0.0626. The van der Waals surface area contributed by atoms with Crippen molar-refractivity contribution < 1.29 is 9.47 Å². The van der Waals surface area contributed by atoms with Crippen LogP contribution in [0.3, 0.4) is 0 Å². The summed E-state index contributed by atoms with van der Waals surface area (Å²) in [5, 5.41) is 3.74. The number of ether oxygens (including phenoxy) is 2. The van der Waals surface area contributed by atoms with E-state index in [0.29, 0.717) is 6.04 Å². The standard InChI is InChI=1S/C20H31N3O2/c1-15-17-4-2-3-5-18(17)23-19(22-15)6-10-21-16-7-11-25-20(14-16)8-12-24-13-9-20/h16,21H,2-14H2,1H3/t16-/m1/s1. The number of fused-ring (bicyclic) bond motifs is 1. The Hall–Kier alpha value is -1.04. The minimum atomic E-state index is 0.0626. The minimum Gasteiger partial charge on any atom is -0.381 e. The topological polar surface area (TPSA) is 56.3 Å². The molecule has 0 aromatic carbocycles. The Morgan fingerprint density at radius 1 is 1.12 bits per heavy atom. The van der Waals surface area contributed by atoms with Crippen LogP contribution in [0.2, 0.25) is 0 Å². The van der Waals surface area contributed by atoms with Crippen molar-refractivity contribution in [1.29, 1.82) is 0 Å². The quantitative estimate of drug-likeness (QED) is 0.909. The molecule has 5 heteroatoms. The van der Waals surface area contributed by atoms with Gasteiger partial charge in [0.15, 0.2) is 0 Å². The average molecular weight is 345 g/mol. The van der Waals surface area contributed by atoms with Crippen LogP contribution in [0.1, 0.15) is 61.3 Å². The van der Waals surface area contributed by atoms with Gasteiger partial charge in [-0.05, 0) is 63.9 Å². The van der Waals surface area contributed by atoms with Gasteiger partial charge in [-0.3, -0.25) is 0 Å². The van der Waals surface area contributed by atoms with Crippen LogP contribution in [0.25, 0.3) is 0 Å². The van der Waals surface area contributed by atoms with E-state index in [9.17, 15) is 0 Å². The first kappa shape index (κ1) is 17.4. The van der Waals surface area contributed by atoms with Gasteiger partial charge in [-0.1, -0.05) is 0 Å². The predicted octanol–water partition coefficient (Wildman–Crippen LogP) is 2.52. The Morgan fingerprint density at radius 2 is 1.96 bits per heavy atom. The summed E-state index contributed by atoms with van der Waals surface area (Å²) in [5.41, 5.74) is 3.98. The Morgan fingerprint density at radius 3 is 2.84 bits per heavy atom. The van der Waals surface area contributed by atoms with Gasteiger partial charge in [-0.15, -0.1) is 0 Å². The average Bonchev–Trinajstić information content (AvgIpc) is 2.63. The SMILES string of the molecule is Cc1nc(CCN[C@@H]2CCOC3(CCOCC3)C2)nc2c1CCCC2. The van der Waals surface area contributed by atoms with Gasteiger partial charge in [0.25, 0.3) is 0 Å². The molecule has 138 valence electrons. The zero-order valence-electron chi connectivity index (χ0n) is 15.5. The molecule has 4 rings (SSSR count). The summed E-state index contributed by atoms with van der Waals surface area (Å²) in [4.78, 5) is 9.61. The van der Waals surface area contributed by atoms with E-state index < -0.39 is 0 Å². The predicted molar refractivity (Wildman–Crippen MR) is 96.9 cm³/mol. The second-order valence-electron chi connectivity index (χ2n) is 7.90. The summed E-state index contributed by atoms with van der Waals surface area (Å²) in [6, 6.07) is 0.547. The van der Waals surface area contributed by atoms with Crippen molar-refractivity contribution in [2.75, 3.05) is 26.4 Å². The third-order valence-corrected chi connectivity index (χ3v) is 6.11. The highest BCUT2D eigenvalue weighted by Gasteiger charge is 2.38. The molecule has 1 aromatic rings. The van der Waals surface area contributed by atoms with Crippen molar-refractivity contribution in [3.05, 3.63) is 22.8 Å². The van der Waals surface area contributed by atoms with E-state index in [1.807, 2.05) is 0 Å². The van der Waals surface area contributed by atoms with Crippen LogP contribution in [-0.4, -0.2) is 48.0 Å². The zero-order valence-corrected chi connectivity index (χ0v) is 15.5. The third-order valence-electron chi connectivity index (χ3n) is 6.11. The van der Waals surface area contributed by atoms with E-state index in [0.717, 1.165) is 77.1 Å². The molecule has 1 aromatic heterocycles. The van der Waals surface area contributed by atoms with Gasteiger partial charge in [-0.25, -0.2) is 9.97 Å². The molecule has 0 saturated carbocycles. The summed E-state index contributed by atoms with van der Waals surface area (Å²) >= 11 is 0. The lowest BCUT2D eigenvalue weighted by Crippen LogP contribution is -2.50. The smallest absolute Gasteiger partial charge is 0.130 e. The van der Waals surface area contributed by atoms with E-state index in [1.54, 1.807) is 0 Å². The monoisotopic (exact) mass is 345 g/mol. The van der Waals surface area contributed by atoms with Crippen molar-refractivity contribution in [3.8, 4) is 0 Å². The Labute approximate surface area is 150 Å². The lowest BCUT2D eigenvalue weighted by molar-refractivity contribution is -0.140. The second kappa shape index (κ2) is 7.68. The number of aromatic nitrogens is 2. The molecule has 5 nitrogen and oxygen atoms in total. The summed E-state index contributed by atoms with van der Waals surface area (Å²) in [6.45, 7) is 5.65. The lowest BCUT2D eigenvalue weighted by atomic mass is 9.84. The zero-order chi connectivity index (χ0) is 17.1. The summed E-state index contributed by atoms with van der Waals surface area (Å²) in [5.74, 6) is 1.01. The highest BCUT2D eigenvalue weighted by atomic mass is 16.5. The fourth-order valence-corrected chi connectivity index (χ4v) is 4.64. The van der Waals surface area contributed by atoms with Crippen LogP contribution < -0.4 is 5.32 Å². The van der Waals surface area contributed by atoms with Crippen molar-refractivity contribution in [2.24, 2.45) is 0 Å². The normalized spacial score (nSPS) is 25.7. The fourth-order valence-electron chi connectivity index (χ4n) is 4.64. The molecule has 1 atom stereocenters. The maximum absolute atomic E-state index is 6.13. The molecule has 0 amide bonds. The largest absolute Gasteiger partial charge is 0.381 e. The van der Waals surface area contributed by atoms with Gasteiger partial charge in [0, 0.05) is 50.2 Å². The number of aryl methyl sites for hydroxylation is 2. The molecule has 3 aliphatic rings. The van der Waals surface area contributed by atoms with Gasteiger partial charge in [0.2, 0.25) is 0 Å². The summed E-state index contributed by atoms with van der Waals surface area (Å²) < 4.78 is 11.6. The van der Waals surface area contributed by atoms with Crippen LogP contribution >= 0.6 is 0 Å². The number of rotatable bonds is 4. The van der Waals surface area contributed by atoms with Crippen molar-refractivity contribution in [3.63, 3.8) is 0 Å². The van der Waals surface area contributed by atoms with E-state index in [4.69, 9.17) is 19.4 Å². The van der Waals surface area contributed by atoms with Crippen LogP contribution in [0.15, 0.2) is 0 Å². The van der Waals surface area contributed by atoms with Crippen LogP contribution in [0, 0.1) is 6.92 Å². The first-order valence-corrected chi connectivity index (χ1v) is 10.0. The molecule has 2 aliphatic heterocycles. The van der Waals surface area contributed by atoms with Crippen LogP contribution in [-0.2, 0) is 28.7 Å². The van der Waals surface area contributed by atoms with E-state index >= 15 is 0 Å². The summed E-state index contributed by atoms with van der Waals surface area (Å²) in [6.07, 6.45) is 10.1. The maximum atomic E-state index is 6.13. The highest BCUT2D eigenvalue weighted by molar-refractivity contribution is 5.27. The molecule has 1 N–H and O–H groups in total. The molecule has 1 aliphatic carbocycles. The molecular formula is C20H31N3O2. The summed E-state index contributed by atoms with van der Waals surface area (Å²) in [7, 11) is 0. The Balaban J connectivity index is 1.31. The molecule has 2 fully saturated rings.